The second-order valence-corrected chi connectivity index (χ2v) is 9.11. The van der Waals surface area contributed by atoms with Gasteiger partial charge in [-0.2, -0.15) is 0 Å². The van der Waals surface area contributed by atoms with Gasteiger partial charge in [0.15, 0.2) is 0 Å². The molecule has 1 heterocycles. The zero-order valence-electron chi connectivity index (χ0n) is 16.9. The predicted molar refractivity (Wildman–Crippen MR) is 117 cm³/mol. The van der Waals surface area contributed by atoms with Gasteiger partial charge < -0.3 is 14.2 Å². The molecule has 4 aromatic rings. The lowest BCUT2D eigenvalue weighted by Gasteiger charge is -2.37. The topological polar surface area (TPSA) is 42.6 Å². The SMILES string of the molecule is CC(C)(O)C(C)(C)OBc1ccc2oc3cc4cc5c(cc4cc3c2c1)CC5. The first kappa shape index (κ1) is 17.8. The van der Waals surface area contributed by atoms with E-state index in [-0.39, 0.29) is 0 Å². The Labute approximate surface area is 165 Å². The lowest BCUT2D eigenvalue weighted by molar-refractivity contribution is -0.0893. The largest absolute Gasteiger partial charge is 0.456 e. The molecular weight excluding hydrogens is 347 g/mol. The van der Waals surface area contributed by atoms with Crippen LogP contribution in [0.2, 0.25) is 0 Å². The molecule has 28 heavy (non-hydrogen) atoms. The Morgan fingerprint density at radius 1 is 0.857 bits per heavy atom. The van der Waals surface area contributed by atoms with Crippen molar-refractivity contribution in [2.24, 2.45) is 0 Å². The molecule has 0 saturated carbocycles. The molecule has 1 aliphatic carbocycles. The smallest absolute Gasteiger partial charge is 0.309 e. The number of benzene rings is 3. The van der Waals surface area contributed by atoms with Gasteiger partial charge in [-0.1, -0.05) is 29.7 Å². The van der Waals surface area contributed by atoms with Crippen molar-refractivity contribution in [2.45, 2.75) is 51.7 Å². The number of hydrogen-bond acceptors (Lipinski definition) is 3. The first-order valence-corrected chi connectivity index (χ1v) is 9.98. The molecule has 0 saturated heterocycles. The zero-order chi connectivity index (χ0) is 19.7. The summed E-state index contributed by atoms with van der Waals surface area (Å²) in [5.74, 6) is 0. The molecule has 1 N–H and O–H groups in total. The van der Waals surface area contributed by atoms with Crippen molar-refractivity contribution in [3.63, 3.8) is 0 Å². The van der Waals surface area contributed by atoms with E-state index in [1.807, 2.05) is 26.0 Å². The van der Waals surface area contributed by atoms with Gasteiger partial charge in [-0.25, -0.2) is 0 Å². The van der Waals surface area contributed by atoms with E-state index in [2.05, 4.69) is 30.3 Å². The highest BCUT2D eigenvalue weighted by Crippen LogP contribution is 2.35. The molecule has 0 spiro atoms. The van der Waals surface area contributed by atoms with Crippen LogP contribution in [-0.4, -0.2) is 23.8 Å². The summed E-state index contributed by atoms with van der Waals surface area (Å²) in [4.78, 5) is 0. The van der Waals surface area contributed by atoms with Crippen molar-refractivity contribution in [3.8, 4) is 0 Å². The lowest BCUT2D eigenvalue weighted by Crippen LogP contribution is -2.49. The molecule has 0 aliphatic heterocycles. The van der Waals surface area contributed by atoms with Crippen molar-refractivity contribution < 1.29 is 14.2 Å². The third kappa shape index (κ3) is 2.75. The number of aryl methyl sites for hydroxylation is 2. The summed E-state index contributed by atoms with van der Waals surface area (Å²) in [6.07, 6.45) is 2.38. The molecule has 0 fully saturated rings. The first-order valence-electron chi connectivity index (χ1n) is 9.98. The van der Waals surface area contributed by atoms with E-state index in [9.17, 15) is 5.11 Å². The summed E-state index contributed by atoms with van der Waals surface area (Å²) in [6, 6.07) is 15.2. The van der Waals surface area contributed by atoms with Crippen LogP contribution in [0.4, 0.5) is 0 Å². The third-order valence-corrected chi connectivity index (χ3v) is 6.55. The van der Waals surface area contributed by atoms with Gasteiger partial charge in [0.2, 0.25) is 0 Å². The van der Waals surface area contributed by atoms with E-state index in [0.29, 0.717) is 7.48 Å². The second-order valence-electron chi connectivity index (χ2n) is 9.11. The predicted octanol–water partition coefficient (Wildman–Crippen LogP) is 4.38. The summed E-state index contributed by atoms with van der Waals surface area (Å²) in [5.41, 5.74) is 4.28. The highest BCUT2D eigenvalue weighted by Gasteiger charge is 2.35. The van der Waals surface area contributed by atoms with Crippen LogP contribution in [0.15, 0.2) is 46.9 Å². The van der Waals surface area contributed by atoms with Crippen LogP contribution in [-0.2, 0) is 17.5 Å². The third-order valence-electron chi connectivity index (χ3n) is 6.55. The summed E-state index contributed by atoms with van der Waals surface area (Å²) >= 11 is 0. The van der Waals surface area contributed by atoms with E-state index in [1.165, 1.54) is 34.7 Å². The standard InChI is InChI=1S/C24H25BO3/c1-23(2,26)24(3,4)28-25-18-7-8-21-20(13-18)19-11-16-9-14-5-6-15(14)10-17(16)12-22(19)27-21/h7-13,25-26H,5-6H2,1-4H3. The molecular formula is C24H25BO3. The maximum absolute atomic E-state index is 10.3. The Kier molecular flexibility index (Phi) is 3.72. The fourth-order valence-electron chi connectivity index (χ4n) is 3.80. The first-order chi connectivity index (χ1) is 13.2. The van der Waals surface area contributed by atoms with Crippen LogP contribution in [0.3, 0.4) is 0 Å². The highest BCUT2D eigenvalue weighted by molar-refractivity contribution is 6.47. The van der Waals surface area contributed by atoms with Crippen LogP contribution in [0.25, 0.3) is 32.7 Å². The minimum absolute atomic E-state index is 0.445. The van der Waals surface area contributed by atoms with Gasteiger partial charge >= 0.3 is 7.48 Å². The van der Waals surface area contributed by atoms with Gasteiger partial charge in [0.1, 0.15) is 11.2 Å². The van der Waals surface area contributed by atoms with E-state index >= 15 is 0 Å². The Hall–Kier alpha value is -2.30. The molecule has 1 aromatic heterocycles. The van der Waals surface area contributed by atoms with Crippen LogP contribution >= 0.6 is 0 Å². The Balaban J connectivity index is 1.56. The van der Waals surface area contributed by atoms with Gasteiger partial charge in [0, 0.05) is 10.8 Å². The second kappa shape index (κ2) is 5.85. The fraction of sp³-hybridized carbons (Fsp3) is 0.333. The van der Waals surface area contributed by atoms with Crippen LogP contribution in [0.1, 0.15) is 38.8 Å². The van der Waals surface area contributed by atoms with Gasteiger partial charge in [-0.15, -0.1) is 0 Å². The van der Waals surface area contributed by atoms with Crippen LogP contribution in [0, 0.1) is 0 Å². The van der Waals surface area contributed by atoms with Gasteiger partial charge in [0.05, 0.1) is 11.2 Å². The molecule has 1 aliphatic rings. The number of fused-ring (bicyclic) bond motifs is 5. The lowest BCUT2D eigenvalue weighted by atomic mass is 9.82. The minimum atomic E-state index is -0.917. The van der Waals surface area contributed by atoms with Crippen molar-refractivity contribution in [2.75, 3.05) is 0 Å². The number of rotatable bonds is 4. The van der Waals surface area contributed by atoms with Crippen molar-refractivity contribution in [3.05, 3.63) is 53.6 Å². The molecule has 5 rings (SSSR count). The monoisotopic (exact) mass is 372 g/mol. The van der Waals surface area contributed by atoms with Gasteiger partial charge in [-0.05, 0) is 80.6 Å². The quantitative estimate of drug-likeness (QED) is 0.541. The maximum atomic E-state index is 10.3. The van der Waals surface area contributed by atoms with E-state index in [4.69, 9.17) is 9.07 Å². The molecule has 3 aromatic carbocycles. The minimum Gasteiger partial charge on any atom is -0.456 e. The Morgan fingerprint density at radius 3 is 2.14 bits per heavy atom. The van der Waals surface area contributed by atoms with Crippen molar-refractivity contribution in [1.29, 1.82) is 0 Å². The average Bonchev–Trinajstić information content (AvgIpc) is 2.96. The number of aliphatic hydroxyl groups is 1. The molecule has 0 bridgehead atoms. The summed E-state index contributed by atoms with van der Waals surface area (Å²) in [5, 5.41) is 15.1. The van der Waals surface area contributed by atoms with Crippen molar-refractivity contribution >= 4 is 45.7 Å². The molecule has 0 atom stereocenters. The normalized spacial score (nSPS) is 14.5. The van der Waals surface area contributed by atoms with Crippen LogP contribution in [0.5, 0.6) is 0 Å². The highest BCUT2D eigenvalue weighted by atomic mass is 16.5. The van der Waals surface area contributed by atoms with E-state index in [0.717, 1.165) is 27.4 Å². The molecule has 0 amide bonds. The summed E-state index contributed by atoms with van der Waals surface area (Å²) in [6.45, 7) is 7.39. The molecule has 4 heteroatoms. The molecule has 0 unspecified atom stereocenters. The zero-order valence-corrected chi connectivity index (χ0v) is 16.9. The van der Waals surface area contributed by atoms with Crippen molar-refractivity contribution in [1.82, 2.24) is 0 Å². The summed E-state index contributed by atoms with van der Waals surface area (Å²) < 4.78 is 12.2. The fourth-order valence-corrected chi connectivity index (χ4v) is 3.80. The maximum Gasteiger partial charge on any atom is 0.309 e. The molecule has 142 valence electrons. The number of furan rings is 1. The molecule has 3 nitrogen and oxygen atoms in total. The molecule has 0 radical (unpaired) electrons. The summed E-state index contributed by atoms with van der Waals surface area (Å²) in [7, 11) is 0.445. The number of hydrogen-bond donors (Lipinski definition) is 1. The average molecular weight is 372 g/mol. The van der Waals surface area contributed by atoms with E-state index in [1.54, 1.807) is 13.8 Å². The Morgan fingerprint density at radius 2 is 1.50 bits per heavy atom. The Bertz CT molecular complexity index is 1230. The van der Waals surface area contributed by atoms with Crippen LogP contribution < -0.4 is 5.46 Å². The van der Waals surface area contributed by atoms with Gasteiger partial charge in [0.25, 0.3) is 0 Å². The van der Waals surface area contributed by atoms with Gasteiger partial charge in [-0.3, -0.25) is 0 Å². The van der Waals surface area contributed by atoms with E-state index < -0.39 is 11.2 Å².